The van der Waals surface area contributed by atoms with Gasteiger partial charge in [0.2, 0.25) is 0 Å². The topological polar surface area (TPSA) is 108 Å². The van der Waals surface area contributed by atoms with E-state index in [4.69, 9.17) is 14.6 Å². The molecule has 2 rings (SSSR count). The average molecular weight is 297 g/mol. The van der Waals surface area contributed by atoms with E-state index in [1.54, 1.807) is 30.3 Å². The van der Waals surface area contributed by atoms with Crippen LogP contribution in [0.3, 0.4) is 0 Å². The van der Waals surface area contributed by atoms with Crippen LogP contribution in [0, 0.1) is 0 Å². The van der Waals surface area contributed by atoms with Crippen LogP contribution in [0.25, 0.3) is 0 Å². The molecule has 0 aromatic heterocycles. The number of hydrogen-bond donors (Lipinski definition) is 4. The molecule has 7 heteroatoms. The molecule has 4 N–H and O–H groups in total. The van der Waals surface area contributed by atoms with Crippen LogP contribution in [0.4, 0.5) is 0 Å². The SMILES string of the molecule is CO[C@@H]1O[C@H]([C@H](O)CO)[C@H](O)[C@H]1NC(=O)c1ccccc1. The second kappa shape index (κ2) is 6.97. The quantitative estimate of drug-likeness (QED) is 0.548. The van der Waals surface area contributed by atoms with Gasteiger partial charge in [-0.25, -0.2) is 0 Å². The second-order valence-electron chi connectivity index (χ2n) is 4.81. The van der Waals surface area contributed by atoms with E-state index < -0.39 is 37.3 Å². The van der Waals surface area contributed by atoms with E-state index in [1.807, 2.05) is 0 Å². The lowest BCUT2D eigenvalue weighted by molar-refractivity contribution is -0.153. The number of rotatable bonds is 5. The Labute approximate surface area is 122 Å². The summed E-state index contributed by atoms with van der Waals surface area (Å²) in [7, 11) is 1.37. The summed E-state index contributed by atoms with van der Waals surface area (Å²) in [5, 5.41) is 31.3. The van der Waals surface area contributed by atoms with Crippen molar-refractivity contribution in [1.29, 1.82) is 0 Å². The molecule has 0 saturated carbocycles. The first-order valence-electron chi connectivity index (χ1n) is 6.59. The van der Waals surface area contributed by atoms with Crippen molar-refractivity contribution in [3.63, 3.8) is 0 Å². The van der Waals surface area contributed by atoms with Gasteiger partial charge in [-0.2, -0.15) is 0 Å². The van der Waals surface area contributed by atoms with Crippen molar-refractivity contribution in [3.05, 3.63) is 35.9 Å². The molecule has 1 aromatic rings. The molecule has 5 atom stereocenters. The summed E-state index contributed by atoms with van der Waals surface area (Å²) >= 11 is 0. The third-order valence-electron chi connectivity index (χ3n) is 3.42. The maximum Gasteiger partial charge on any atom is 0.251 e. The van der Waals surface area contributed by atoms with Crippen molar-refractivity contribution in [3.8, 4) is 0 Å². The first-order valence-corrected chi connectivity index (χ1v) is 6.59. The maximum atomic E-state index is 12.1. The highest BCUT2D eigenvalue weighted by atomic mass is 16.7. The predicted molar refractivity (Wildman–Crippen MR) is 72.5 cm³/mol. The van der Waals surface area contributed by atoms with Crippen LogP contribution in [0.1, 0.15) is 10.4 Å². The number of aliphatic hydroxyl groups excluding tert-OH is 3. The normalized spacial score (nSPS) is 30.1. The van der Waals surface area contributed by atoms with Crippen molar-refractivity contribution in [2.45, 2.75) is 30.6 Å². The van der Waals surface area contributed by atoms with Crippen molar-refractivity contribution in [2.75, 3.05) is 13.7 Å². The monoisotopic (exact) mass is 297 g/mol. The largest absolute Gasteiger partial charge is 0.394 e. The van der Waals surface area contributed by atoms with Crippen LogP contribution in [0.15, 0.2) is 30.3 Å². The van der Waals surface area contributed by atoms with Crippen LogP contribution in [0.2, 0.25) is 0 Å². The lowest BCUT2D eigenvalue weighted by atomic mass is 10.0. The molecule has 1 aromatic carbocycles. The number of benzene rings is 1. The van der Waals surface area contributed by atoms with E-state index in [2.05, 4.69) is 5.32 Å². The summed E-state index contributed by atoms with van der Waals surface area (Å²) in [6.07, 6.45) is -4.37. The fourth-order valence-electron chi connectivity index (χ4n) is 2.29. The Kier molecular flexibility index (Phi) is 5.27. The Morgan fingerprint density at radius 1 is 1.43 bits per heavy atom. The molecule has 0 bridgehead atoms. The van der Waals surface area contributed by atoms with Gasteiger partial charge in [0.05, 0.1) is 6.61 Å². The fraction of sp³-hybridized carbons (Fsp3) is 0.500. The van der Waals surface area contributed by atoms with E-state index in [0.29, 0.717) is 5.56 Å². The standard InChI is InChI=1S/C14H19NO6/c1-20-14-10(11(18)12(21-14)9(17)7-16)15-13(19)8-5-3-2-4-6-8/h2-6,9-12,14,16-18H,7H2,1H3,(H,15,19)/t9-,10-,11-,12-,14-/m1/s1. The summed E-state index contributed by atoms with van der Waals surface area (Å²) in [6, 6.07) is 7.67. The van der Waals surface area contributed by atoms with Crippen LogP contribution >= 0.6 is 0 Å². The Balaban J connectivity index is 2.09. The lowest BCUT2D eigenvalue weighted by Crippen LogP contribution is -2.49. The molecule has 1 heterocycles. The van der Waals surface area contributed by atoms with Gasteiger partial charge in [-0.3, -0.25) is 4.79 Å². The van der Waals surface area contributed by atoms with Gasteiger partial charge in [0, 0.05) is 12.7 Å². The minimum Gasteiger partial charge on any atom is -0.394 e. The van der Waals surface area contributed by atoms with Crippen molar-refractivity contribution in [2.24, 2.45) is 0 Å². The first kappa shape index (κ1) is 15.9. The zero-order chi connectivity index (χ0) is 15.4. The van der Waals surface area contributed by atoms with Crippen LogP contribution in [-0.4, -0.2) is 65.6 Å². The number of amides is 1. The highest BCUT2D eigenvalue weighted by Crippen LogP contribution is 2.24. The summed E-state index contributed by atoms with van der Waals surface area (Å²) in [6.45, 7) is -0.558. The van der Waals surface area contributed by atoms with Gasteiger partial charge in [0.25, 0.3) is 5.91 Å². The van der Waals surface area contributed by atoms with E-state index in [1.165, 1.54) is 7.11 Å². The third kappa shape index (κ3) is 3.39. The molecule has 1 amide bonds. The summed E-state index contributed by atoms with van der Waals surface area (Å²) in [5.41, 5.74) is 0.436. The van der Waals surface area contributed by atoms with E-state index in [-0.39, 0.29) is 5.91 Å². The number of aliphatic hydroxyl groups is 3. The molecule has 21 heavy (non-hydrogen) atoms. The summed E-state index contributed by atoms with van der Waals surface area (Å²) in [4.78, 5) is 12.1. The molecule has 1 aliphatic rings. The number of ether oxygens (including phenoxy) is 2. The van der Waals surface area contributed by atoms with Gasteiger partial charge in [-0.05, 0) is 12.1 Å². The van der Waals surface area contributed by atoms with Gasteiger partial charge >= 0.3 is 0 Å². The van der Waals surface area contributed by atoms with E-state index >= 15 is 0 Å². The number of carbonyl (C=O) groups is 1. The zero-order valence-corrected chi connectivity index (χ0v) is 11.5. The lowest BCUT2D eigenvalue weighted by Gasteiger charge is -2.21. The third-order valence-corrected chi connectivity index (χ3v) is 3.42. The Bertz CT molecular complexity index is 468. The number of nitrogens with one attached hydrogen (secondary N) is 1. The minimum atomic E-state index is -1.25. The van der Waals surface area contributed by atoms with Crippen LogP contribution in [-0.2, 0) is 9.47 Å². The Morgan fingerprint density at radius 3 is 2.67 bits per heavy atom. The van der Waals surface area contributed by atoms with Gasteiger partial charge in [0.1, 0.15) is 24.4 Å². The van der Waals surface area contributed by atoms with Gasteiger partial charge in [0.15, 0.2) is 6.29 Å². The average Bonchev–Trinajstić information content (AvgIpc) is 2.84. The smallest absolute Gasteiger partial charge is 0.251 e. The molecule has 1 aliphatic heterocycles. The minimum absolute atomic E-state index is 0.385. The molecule has 0 radical (unpaired) electrons. The molecule has 0 unspecified atom stereocenters. The molecular weight excluding hydrogens is 278 g/mol. The zero-order valence-electron chi connectivity index (χ0n) is 11.5. The van der Waals surface area contributed by atoms with E-state index in [0.717, 1.165) is 0 Å². The van der Waals surface area contributed by atoms with Crippen molar-refractivity contribution < 1.29 is 29.6 Å². The molecule has 0 spiro atoms. The van der Waals surface area contributed by atoms with Crippen molar-refractivity contribution in [1.82, 2.24) is 5.32 Å². The summed E-state index contributed by atoms with van der Waals surface area (Å²) in [5.74, 6) is -0.385. The molecule has 0 aliphatic carbocycles. The number of hydrogen-bond acceptors (Lipinski definition) is 6. The predicted octanol–water partition coefficient (Wildman–Crippen LogP) is -1.13. The Hall–Kier alpha value is -1.51. The Morgan fingerprint density at radius 2 is 2.10 bits per heavy atom. The van der Waals surface area contributed by atoms with Crippen LogP contribution < -0.4 is 5.32 Å². The summed E-state index contributed by atoms with van der Waals surface area (Å²) < 4.78 is 10.4. The molecular formula is C14H19NO6. The molecule has 1 saturated heterocycles. The molecule has 1 fully saturated rings. The molecule has 116 valence electrons. The van der Waals surface area contributed by atoms with Gasteiger partial charge in [-0.1, -0.05) is 18.2 Å². The van der Waals surface area contributed by atoms with Gasteiger partial charge < -0.3 is 30.1 Å². The highest BCUT2D eigenvalue weighted by Gasteiger charge is 2.47. The fourth-order valence-corrected chi connectivity index (χ4v) is 2.29. The van der Waals surface area contributed by atoms with Crippen molar-refractivity contribution >= 4 is 5.91 Å². The first-order chi connectivity index (χ1) is 10.1. The van der Waals surface area contributed by atoms with Crippen LogP contribution in [0.5, 0.6) is 0 Å². The highest BCUT2D eigenvalue weighted by molar-refractivity contribution is 5.94. The number of carbonyl (C=O) groups excluding carboxylic acids is 1. The molecule has 7 nitrogen and oxygen atoms in total. The van der Waals surface area contributed by atoms with E-state index in [9.17, 15) is 15.0 Å². The number of methoxy groups -OCH3 is 1. The maximum absolute atomic E-state index is 12.1. The second-order valence-corrected chi connectivity index (χ2v) is 4.81. The van der Waals surface area contributed by atoms with Gasteiger partial charge in [-0.15, -0.1) is 0 Å².